The highest BCUT2D eigenvalue weighted by Crippen LogP contribution is 2.12. The van der Waals surface area contributed by atoms with E-state index in [0.717, 1.165) is 0 Å². The number of phenols is 1. The Kier molecular flexibility index (Phi) is 12.7. The van der Waals surface area contributed by atoms with Gasteiger partial charge in [-0.1, -0.05) is 26.0 Å². The Morgan fingerprint density at radius 1 is 0.842 bits per heavy atom. The molecule has 10 N–H and O–H groups in total. The number of rotatable bonds is 16. The van der Waals surface area contributed by atoms with Crippen molar-refractivity contribution >= 4 is 35.6 Å². The van der Waals surface area contributed by atoms with Crippen LogP contribution in [0.15, 0.2) is 24.3 Å². The highest BCUT2D eigenvalue weighted by atomic mass is 16.4. The topological polar surface area (TPSA) is 251 Å². The molecule has 210 valence electrons. The molecular formula is C24H35N5O9. The number of primary amides is 1. The van der Waals surface area contributed by atoms with Gasteiger partial charge in [0, 0.05) is 6.42 Å². The zero-order valence-electron chi connectivity index (χ0n) is 21.2. The molecule has 0 spiro atoms. The SMILES string of the molecule is CC(C)CC(NC(=O)C(N)Cc1ccc(O)cc1)C(=O)NC(CCC(=O)O)C(=O)NC(CC(N)=O)C(=O)O. The molecule has 0 aliphatic carbocycles. The lowest BCUT2D eigenvalue weighted by Crippen LogP contribution is -2.57. The molecule has 4 atom stereocenters. The van der Waals surface area contributed by atoms with E-state index in [1.54, 1.807) is 26.0 Å². The summed E-state index contributed by atoms with van der Waals surface area (Å²) in [6.07, 6.45) is -1.38. The van der Waals surface area contributed by atoms with Crippen LogP contribution in [0, 0.1) is 5.92 Å². The molecule has 0 saturated carbocycles. The maximum absolute atomic E-state index is 13.1. The largest absolute Gasteiger partial charge is 0.508 e. The summed E-state index contributed by atoms with van der Waals surface area (Å²) < 4.78 is 0. The highest BCUT2D eigenvalue weighted by Gasteiger charge is 2.31. The van der Waals surface area contributed by atoms with E-state index in [1.807, 2.05) is 0 Å². The lowest BCUT2D eigenvalue weighted by atomic mass is 10.0. The summed E-state index contributed by atoms with van der Waals surface area (Å²) in [4.78, 5) is 72.1. The predicted octanol–water partition coefficient (Wildman–Crippen LogP) is -1.41. The third-order valence-corrected chi connectivity index (χ3v) is 5.37. The number of benzene rings is 1. The van der Waals surface area contributed by atoms with Crippen LogP contribution in [-0.4, -0.2) is 75.1 Å². The number of carboxylic acids is 2. The number of carbonyl (C=O) groups excluding carboxylic acids is 4. The fraction of sp³-hybridized carbons (Fsp3) is 0.500. The van der Waals surface area contributed by atoms with Gasteiger partial charge in [0.2, 0.25) is 23.6 Å². The van der Waals surface area contributed by atoms with Gasteiger partial charge in [-0.2, -0.15) is 0 Å². The normalized spacial score (nSPS) is 14.0. The highest BCUT2D eigenvalue weighted by molar-refractivity contribution is 5.95. The van der Waals surface area contributed by atoms with Gasteiger partial charge in [-0.25, -0.2) is 4.79 Å². The van der Waals surface area contributed by atoms with Gasteiger partial charge in [-0.15, -0.1) is 0 Å². The Bertz CT molecular complexity index is 1010. The van der Waals surface area contributed by atoms with E-state index < -0.39 is 79.0 Å². The number of aromatic hydroxyl groups is 1. The van der Waals surface area contributed by atoms with Gasteiger partial charge >= 0.3 is 11.9 Å². The molecule has 1 aromatic rings. The van der Waals surface area contributed by atoms with E-state index in [0.29, 0.717) is 5.56 Å². The number of aliphatic carboxylic acids is 2. The standard InChI is InChI=1S/C24H35N5O9/c1-12(2)9-17(28-21(34)15(25)10-13-3-5-14(30)6-4-13)23(36)27-16(7-8-20(32)33)22(35)29-18(24(37)38)11-19(26)31/h3-6,12,15-18,30H,7-11,25H2,1-2H3,(H2,26,31)(H,27,36)(H,28,34)(H,29,35)(H,32,33)(H,37,38). The molecule has 0 heterocycles. The summed E-state index contributed by atoms with van der Waals surface area (Å²) in [7, 11) is 0. The summed E-state index contributed by atoms with van der Waals surface area (Å²) in [5.74, 6) is -6.35. The van der Waals surface area contributed by atoms with E-state index in [1.165, 1.54) is 12.1 Å². The summed E-state index contributed by atoms with van der Waals surface area (Å²) in [5, 5.41) is 34.6. The maximum Gasteiger partial charge on any atom is 0.326 e. The van der Waals surface area contributed by atoms with Crippen molar-refractivity contribution in [3.63, 3.8) is 0 Å². The van der Waals surface area contributed by atoms with Gasteiger partial charge in [-0.05, 0) is 42.9 Å². The quantitative estimate of drug-likeness (QED) is 0.122. The Morgan fingerprint density at radius 2 is 1.37 bits per heavy atom. The minimum atomic E-state index is -1.69. The zero-order valence-corrected chi connectivity index (χ0v) is 21.2. The van der Waals surface area contributed by atoms with Crippen molar-refractivity contribution in [3.05, 3.63) is 29.8 Å². The second-order valence-electron chi connectivity index (χ2n) is 9.23. The number of nitrogens with one attached hydrogen (secondary N) is 3. The van der Waals surface area contributed by atoms with Crippen molar-refractivity contribution in [1.82, 2.24) is 16.0 Å². The average molecular weight is 538 g/mol. The fourth-order valence-corrected chi connectivity index (χ4v) is 3.44. The van der Waals surface area contributed by atoms with Crippen LogP contribution in [0.2, 0.25) is 0 Å². The number of carbonyl (C=O) groups is 6. The molecule has 0 aliphatic heterocycles. The first-order valence-corrected chi connectivity index (χ1v) is 11.9. The van der Waals surface area contributed by atoms with Crippen LogP contribution < -0.4 is 27.4 Å². The average Bonchev–Trinajstić information content (AvgIpc) is 2.81. The van der Waals surface area contributed by atoms with Gasteiger partial charge in [0.15, 0.2) is 0 Å². The van der Waals surface area contributed by atoms with Gasteiger partial charge in [0.1, 0.15) is 23.9 Å². The molecule has 0 radical (unpaired) electrons. The molecule has 4 unspecified atom stereocenters. The van der Waals surface area contributed by atoms with Crippen LogP contribution in [0.4, 0.5) is 0 Å². The molecular weight excluding hydrogens is 502 g/mol. The molecule has 38 heavy (non-hydrogen) atoms. The molecule has 0 aliphatic rings. The third kappa shape index (κ3) is 11.7. The second-order valence-corrected chi connectivity index (χ2v) is 9.23. The van der Waals surface area contributed by atoms with Gasteiger partial charge in [0.05, 0.1) is 12.5 Å². The molecule has 14 heteroatoms. The molecule has 4 amide bonds. The summed E-state index contributed by atoms with van der Waals surface area (Å²) >= 11 is 0. The van der Waals surface area contributed by atoms with Crippen LogP contribution in [0.3, 0.4) is 0 Å². The molecule has 0 aromatic heterocycles. The Hall–Kier alpha value is -4.20. The van der Waals surface area contributed by atoms with E-state index >= 15 is 0 Å². The van der Waals surface area contributed by atoms with Crippen LogP contribution in [0.25, 0.3) is 0 Å². The zero-order chi connectivity index (χ0) is 29.0. The molecule has 0 fully saturated rings. The van der Waals surface area contributed by atoms with E-state index in [4.69, 9.17) is 16.6 Å². The Labute approximate surface area is 219 Å². The molecule has 1 rings (SSSR count). The summed E-state index contributed by atoms with van der Waals surface area (Å²) in [5.41, 5.74) is 11.7. The predicted molar refractivity (Wildman–Crippen MR) is 133 cm³/mol. The minimum absolute atomic E-state index is 0.0474. The second kappa shape index (κ2) is 15.1. The van der Waals surface area contributed by atoms with Gasteiger partial charge in [-0.3, -0.25) is 24.0 Å². The lowest BCUT2D eigenvalue weighted by Gasteiger charge is -2.26. The summed E-state index contributed by atoms with van der Waals surface area (Å²) in [6, 6.07) is 0.710. The Morgan fingerprint density at radius 3 is 1.87 bits per heavy atom. The first-order chi connectivity index (χ1) is 17.7. The summed E-state index contributed by atoms with van der Waals surface area (Å²) in [6.45, 7) is 3.58. The van der Waals surface area contributed by atoms with Crippen molar-refractivity contribution < 1.29 is 44.1 Å². The van der Waals surface area contributed by atoms with Gasteiger partial charge < -0.3 is 42.7 Å². The first-order valence-electron chi connectivity index (χ1n) is 11.9. The van der Waals surface area contributed by atoms with Crippen LogP contribution in [-0.2, 0) is 35.2 Å². The molecule has 14 nitrogen and oxygen atoms in total. The van der Waals surface area contributed by atoms with Crippen molar-refractivity contribution in [1.29, 1.82) is 0 Å². The van der Waals surface area contributed by atoms with Crippen molar-refractivity contribution in [2.75, 3.05) is 0 Å². The van der Waals surface area contributed by atoms with Crippen LogP contribution in [0.5, 0.6) is 5.75 Å². The van der Waals surface area contributed by atoms with E-state index in [2.05, 4.69) is 16.0 Å². The smallest absolute Gasteiger partial charge is 0.326 e. The number of nitrogens with two attached hydrogens (primary N) is 2. The number of hydrogen-bond acceptors (Lipinski definition) is 8. The molecule has 0 saturated heterocycles. The number of hydrogen-bond donors (Lipinski definition) is 8. The third-order valence-electron chi connectivity index (χ3n) is 5.37. The number of phenolic OH excluding ortho intramolecular Hbond substituents is 1. The van der Waals surface area contributed by atoms with Gasteiger partial charge in [0.25, 0.3) is 0 Å². The van der Waals surface area contributed by atoms with Crippen LogP contribution in [0.1, 0.15) is 45.1 Å². The molecule has 0 bridgehead atoms. The Balaban J connectivity index is 3.01. The first kappa shape index (κ1) is 31.8. The maximum atomic E-state index is 13.1. The monoisotopic (exact) mass is 537 g/mol. The van der Waals surface area contributed by atoms with Crippen LogP contribution >= 0.6 is 0 Å². The fourth-order valence-electron chi connectivity index (χ4n) is 3.44. The van der Waals surface area contributed by atoms with Crippen molar-refractivity contribution in [2.45, 2.75) is 70.1 Å². The minimum Gasteiger partial charge on any atom is -0.508 e. The van der Waals surface area contributed by atoms with E-state index in [-0.39, 0.29) is 24.5 Å². The lowest BCUT2D eigenvalue weighted by molar-refractivity contribution is -0.144. The number of carboxylic acid groups (broad SMARTS) is 2. The van der Waals surface area contributed by atoms with Crippen molar-refractivity contribution in [3.8, 4) is 5.75 Å². The van der Waals surface area contributed by atoms with Crippen molar-refractivity contribution in [2.24, 2.45) is 17.4 Å². The molecule has 1 aromatic carbocycles. The van der Waals surface area contributed by atoms with E-state index in [9.17, 15) is 39.0 Å². The number of amides is 4.